The van der Waals surface area contributed by atoms with Crippen LogP contribution in [0.15, 0.2) is 24.3 Å². The van der Waals surface area contributed by atoms with Crippen LogP contribution in [0.2, 0.25) is 0 Å². The van der Waals surface area contributed by atoms with E-state index in [4.69, 9.17) is 4.74 Å². The maximum absolute atomic E-state index is 6.14. The molecule has 0 saturated heterocycles. The van der Waals surface area contributed by atoms with Gasteiger partial charge in [-0.05, 0) is 48.9 Å². The quantitative estimate of drug-likeness (QED) is 0.618. The topological polar surface area (TPSA) is 21.3 Å². The van der Waals surface area contributed by atoms with E-state index in [-0.39, 0.29) is 11.5 Å². The molecule has 0 aliphatic carbocycles. The normalized spacial score (nSPS) is 13.2. The highest BCUT2D eigenvalue weighted by atomic mass is 16.5. The molecule has 0 radical (unpaired) electrons. The fourth-order valence-electron chi connectivity index (χ4n) is 2.35. The van der Waals surface area contributed by atoms with E-state index in [1.807, 2.05) is 0 Å². The highest BCUT2D eigenvalue weighted by Gasteiger charge is 2.18. The molecular formula is C19H33NO. The molecule has 2 nitrogen and oxygen atoms in total. The Balaban J connectivity index is 2.63. The molecule has 1 rings (SSSR count). The summed E-state index contributed by atoms with van der Waals surface area (Å²) < 4.78 is 6.14. The Kier molecular flexibility index (Phi) is 7.81. The van der Waals surface area contributed by atoms with Crippen molar-refractivity contribution in [3.05, 3.63) is 29.8 Å². The largest absolute Gasteiger partial charge is 0.489 e. The summed E-state index contributed by atoms with van der Waals surface area (Å²) in [7, 11) is 0. The van der Waals surface area contributed by atoms with E-state index in [1.54, 1.807) is 0 Å². The van der Waals surface area contributed by atoms with Crippen molar-refractivity contribution < 1.29 is 4.74 Å². The highest BCUT2D eigenvalue weighted by Crippen LogP contribution is 2.28. The molecule has 1 aromatic carbocycles. The van der Waals surface area contributed by atoms with Gasteiger partial charge in [-0.3, -0.25) is 0 Å². The molecule has 0 aliphatic heterocycles. The lowest BCUT2D eigenvalue weighted by Crippen LogP contribution is -2.31. The van der Waals surface area contributed by atoms with Crippen LogP contribution in [0.4, 0.5) is 0 Å². The molecule has 0 aliphatic rings. The second-order valence-electron chi connectivity index (χ2n) is 6.49. The smallest absolute Gasteiger partial charge is 0.119 e. The first-order chi connectivity index (χ1) is 10.0. The first kappa shape index (κ1) is 18.0. The van der Waals surface area contributed by atoms with Crippen LogP contribution in [0.5, 0.6) is 5.75 Å². The highest BCUT2D eigenvalue weighted by molar-refractivity contribution is 5.31. The molecule has 21 heavy (non-hydrogen) atoms. The first-order valence-electron chi connectivity index (χ1n) is 8.51. The third kappa shape index (κ3) is 6.09. The van der Waals surface area contributed by atoms with Crippen molar-refractivity contribution in [3.8, 4) is 5.75 Å². The maximum Gasteiger partial charge on any atom is 0.119 e. The SMILES string of the molecule is CCCNCC(CCC)Oc1ccc(C(C)(C)CC)cc1. The molecular weight excluding hydrogens is 258 g/mol. The summed E-state index contributed by atoms with van der Waals surface area (Å²) in [6.45, 7) is 13.2. The molecule has 0 heterocycles. The first-order valence-corrected chi connectivity index (χ1v) is 8.51. The minimum atomic E-state index is 0.240. The van der Waals surface area contributed by atoms with Gasteiger partial charge in [-0.15, -0.1) is 0 Å². The van der Waals surface area contributed by atoms with Crippen LogP contribution < -0.4 is 10.1 Å². The number of rotatable bonds is 10. The number of nitrogens with one attached hydrogen (secondary N) is 1. The van der Waals surface area contributed by atoms with E-state index >= 15 is 0 Å². The van der Waals surface area contributed by atoms with Gasteiger partial charge in [-0.2, -0.15) is 0 Å². The molecule has 120 valence electrons. The van der Waals surface area contributed by atoms with E-state index < -0.39 is 0 Å². The Hall–Kier alpha value is -1.02. The molecule has 0 bridgehead atoms. The summed E-state index contributed by atoms with van der Waals surface area (Å²) in [5.74, 6) is 0.988. The summed E-state index contributed by atoms with van der Waals surface area (Å²) in [6, 6.07) is 8.66. The van der Waals surface area contributed by atoms with Gasteiger partial charge in [-0.25, -0.2) is 0 Å². The van der Waals surface area contributed by atoms with Crippen molar-refractivity contribution >= 4 is 0 Å². The molecule has 0 aromatic heterocycles. The van der Waals surface area contributed by atoms with Crippen LogP contribution in [0.25, 0.3) is 0 Å². The van der Waals surface area contributed by atoms with Gasteiger partial charge >= 0.3 is 0 Å². The predicted octanol–water partition coefficient (Wildman–Crippen LogP) is 4.92. The lowest BCUT2D eigenvalue weighted by molar-refractivity contribution is 0.186. The van der Waals surface area contributed by atoms with Gasteiger partial charge in [0.1, 0.15) is 11.9 Å². The summed E-state index contributed by atoms with van der Waals surface area (Å²) in [6.07, 6.45) is 4.83. The van der Waals surface area contributed by atoms with Gasteiger partial charge < -0.3 is 10.1 Å². The number of ether oxygens (including phenoxy) is 1. The van der Waals surface area contributed by atoms with Crippen molar-refractivity contribution in [1.82, 2.24) is 5.32 Å². The Bertz CT molecular complexity index is 383. The molecule has 2 heteroatoms. The Morgan fingerprint density at radius 3 is 2.24 bits per heavy atom. The minimum Gasteiger partial charge on any atom is -0.489 e. The Morgan fingerprint density at radius 2 is 1.71 bits per heavy atom. The summed E-state index contributed by atoms with van der Waals surface area (Å²) in [4.78, 5) is 0. The molecule has 1 N–H and O–H groups in total. The minimum absolute atomic E-state index is 0.240. The third-order valence-electron chi connectivity index (χ3n) is 4.23. The zero-order valence-electron chi connectivity index (χ0n) is 14.5. The van der Waals surface area contributed by atoms with Crippen molar-refractivity contribution in [3.63, 3.8) is 0 Å². The molecule has 0 amide bonds. The van der Waals surface area contributed by atoms with Crippen LogP contribution in [0.1, 0.15) is 65.9 Å². The standard InChI is InChI=1S/C19H33NO/c1-6-9-18(15-20-14-7-2)21-17-12-10-16(11-13-17)19(4,5)8-3/h10-13,18,20H,6-9,14-15H2,1-5H3. The third-order valence-corrected chi connectivity index (χ3v) is 4.23. The van der Waals surface area contributed by atoms with E-state index in [0.717, 1.165) is 38.1 Å². The van der Waals surface area contributed by atoms with Crippen molar-refractivity contribution in [2.75, 3.05) is 13.1 Å². The second kappa shape index (κ2) is 9.09. The number of hydrogen-bond acceptors (Lipinski definition) is 2. The lowest BCUT2D eigenvalue weighted by atomic mass is 9.82. The van der Waals surface area contributed by atoms with Crippen LogP contribution in [0, 0.1) is 0 Å². The van der Waals surface area contributed by atoms with Gasteiger partial charge in [0, 0.05) is 6.54 Å². The average Bonchev–Trinajstić information content (AvgIpc) is 2.48. The molecule has 0 saturated carbocycles. The molecule has 0 spiro atoms. The van der Waals surface area contributed by atoms with Crippen molar-refractivity contribution in [2.24, 2.45) is 0 Å². The Labute approximate surface area is 131 Å². The zero-order valence-corrected chi connectivity index (χ0v) is 14.5. The fourth-order valence-corrected chi connectivity index (χ4v) is 2.35. The summed E-state index contributed by atoms with van der Waals surface area (Å²) in [5.41, 5.74) is 1.62. The Morgan fingerprint density at radius 1 is 1.05 bits per heavy atom. The predicted molar refractivity (Wildman–Crippen MR) is 92.2 cm³/mol. The van der Waals surface area contributed by atoms with Crippen LogP contribution in [0.3, 0.4) is 0 Å². The average molecular weight is 291 g/mol. The number of benzene rings is 1. The van der Waals surface area contributed by atoms with E-state index in [0.29, 0.717) is 0 Å². The summed E-state index contributed by atoms with van der Waals surface area (Å²) in [5, 5.41) is 3.46. The van der Waals surface area contributed by atoms with Gasteiger partial charge in [0.25, 0.3) is 0 Å². The zero-order chi connectivity index (χ0) is 15.7. The molecule has 1 atom stereocenters. The molecule has 0 fully saturated rings. The molecule has 1 unspecified atom stereocenters. The second-order valence-corrected chi connectivity index (χ2v) is 6.49. The number of hydrogen-bond donors (Lipinski definition) is 1. The van der Waals surface area contributed by atoms with Crippen molar-refractivity contribution in [1.29, 1.82) is 0 Å². The van der Waals surface area contributed by atoms with Crippen LogP contribution >= 0.6 is 0 Å². The van der Waals surface area contributed by atoms with Gasteiger partial charge in [0.05, 0.1) is 0 Å². The monoisotopic (exact) mass is 291 g/mol. The van der Waals surface area contributed by atoms with Gasteiger partial charge in [0.15, 0.2) is 0 Å². The fraction of sp³-hybridized carbons (Fsp3) is 0.684. The van der Waals surface area contributed by atoms with Crippen LogP contribution in [-0.2, 0) is 5.41 Å². The van der Waals surface area contributed by atoms with E-state index in [9.17, 15) is 0 Å². The van der Waals surface area contributed by atoms with Gasteiger partial charge in [-0.1, -0.05) is 53.2 Å². The lowest BCUT2D eigenvalue weighted by Gasteiger charge is -2.24. The summed E-state index contributed by atoms with van der Waals surface area (Å²) >= 11 is 0. The van der Waals surface area contributed by atoms with Crippen molar-refractivity contribution in [2.45, 2.75) is 71.8 Å². The van der Waals surface area contributed by atoms with E-state index in [2.05, 4.69) is 64.2 Å². The van der Waals surface area contributed by atoms with Gasteiger partial charge in [0.2, 0.25) is 0 Å². The molecule has 1 aromatic rings. The maximum atomic E-state index is 6.14. The van der Waals surface area contributed by atoms with E-state index in [1.165, 1.54) is 12.0 Å². The van der Waals surface area contributed by atoms with Crippen LogP contribution in [-0.4, -0.2) is 19.2 Å².